The molecule has 2 aromatic heterocycles. The van der Waals surface area contributed by atoms with Crippen molar-refractivity contribution in [2.75, 3.05) is 27.2 Å². The lowest BCUT2D eigenvalue weighted by atomic mass is 10.1. The van der Waals surface area contributed by atoms with E-state index in [4.69, 9.17) is 9.40 Å². The average Bonchev–Trinajstić information content (AvgIpc) is 3.28. The van der Waals surface area contributed by atoms with Crippen molar-refractivity contribution in [2.45, 2.75) is 39.3 Å². The molecule has 3 aromatic rings. The van der Waals surface area contributed by atoms with Gasteiger partial charge in [0, 0.05) is 19.6 Å². The van der Waals surface area contributed by atoms with Gasteiger partial charge in [0.25, 0.3) is 11.5 Å². The number of hydrogen-bond donors (Lipinski definition) is 0. The largest absolute Gasteiger partial charge is 0.459 e. The third-order valence-electron chi connectivity index (χ3n) is 5.18. The fourth-order valence-electron chi connectivity index (χ4n) is 3.67. The highest BCUT2D eigenvalue weighted by Crippen LogP contribution is 2.26. The topological polar surface area (TPSA) is 71.6 Å². The van der Waals surface area contributed by atoms with E-state index in [1.54, 1.807) is 27.7 Å². The number of furan rings is 1. The Morgan fingerprint density at radius 2 is 1.90 bits per heavy atom. The normalized spacial score (nSPS) is 12.4. The summed E-state index contributed by atoms with van der Waals surface area (Å²) in [6.07, 6.45) is 2.93. The summed E-state index contributed by atoms with van der Waals surface area (Å²) in [4.78, 5) is 35.2. The summed E-state index contributed by atoms with van der Waals surface area (Å²) in [6, 6.07) is 10.4. The molecule has 0 aliphatic carbocycles. The molecular weight excluding hydrogens is 380 g/mol. The van der Waals surface area contributed by atoms with E-state index in [0.29, 0.717) is 42.8 Å². The van der Waals surface area contributed by atoms with Crippen molar-refractivity contribution in [1.29, 1.82) is 0 Å². The highest BCUT2D eigenvalue weighted by molar-refractivity contribution is 5.91. The van der Waals surface area contributed by atoms with Crippen molar-refractivity contribution >= 4 is 16.8 Å². The summed E-state index contributed by atoms with van der Waals surface area (Å²) >= 11 is 0. The number of para-hydroxylation sites is 1. The van der Waals surface area contributed by atoms with Crippen LogP contribution in [0.3, 0.4) is 0 Å². The van der Waals surface area contributed by atoms with Crippen LogP contribution in [-0.2, 0) is 6.54 Å². The van der Waals surface area contributed by atoms with Crippen molar-refractivity contribution in [2.24, 2.45) is 0 Å². The van der Waals surface area contributed by atoms with Gasteiger partial charge in [0.05, 0.1) is 23.2 Å². The van der Waals surface area contributed by atoms with Crippen molar-refractivity contribution < 1.29 is 9.21 Å². The van der Waals surface area contributed by atoms with E-state index < -0.39 is 0 Å². The number of amides is 1. The van der Waals surface area contributed by atoms with Crippen LogP contribution in [-0.4, -0.2) is 52.4 Å². The van der Waals surface area contributed by atoms with Gasteiger partial charge < -0.3 is 14.2 Å². The van der Waals surface area contributed by atoms with E-state index in [-0.39, 0.29) is 23.3 Å². The Bertz CT molecular complexity index is 1040. The zero-order valence-electron chi connectivity index (χ0n) is 18.2. The van der Waals surface area contributed by atoms with E-state index in [1.807, 2.05) is 51.0 Å². The van der Waals surface area contributed by atoms with Crippen LogP contribution in [0.15, 0.2) is 51.9 Å². The first-order valence-electron chi connectivity index (χ1n) is 10.5. The average molecular weight is 411 g/mol. The van der Waals surface area contributed by atoms with Crippen LogP contribution in [0.4, 0.5) is 0 Å². The molecule has 0 saturated heterocycles. The Morgan fingerprint density at radius 1 is 1.13 bits per heavy atom. The van der Waals surface area contributed by atoms with Crippen LogP contribution in [0.1, 0.15) is 49.1 Å². The number of nitrogens with zero attached hydrogens (tertiary/aromatic N) is 4. The molecule has 30 heavy (non-hydrogen) atoms. The maximum atomic E-state index is 13.3. The maximum Gasteiger partial charge on any atom is 0.290 e. The Hall–Kier alpha value is -2.93. The molecule has 1 atom stereocenters. The number of rotatable bonds is 9. The Kier molecular flexibility index (Phi) is 7.05. The van der Waals surface area contributed by atoms with Crippen LogP contribution >= 0.6 is 0 Å². The third-order valence-corrected chi connectivity index (χ3v) is 5.18. The summed E-state index contributed by atoms with van der Waals surface area (Å²) in [5, 5.41) is 0.599. The summed E-state index contributed by atoms with van der Waals surface area (Å²) in [7, 11) is 3.94. The molecule has 0 N–H and O–H groups in total. The van der Waals surface area contributed by atoms with Gasteiger partial charge in [-0.2, -0.15) is 0 Å². The number of benzene rings is 1. The van der Waals surface area contributed by atoms with Crippen molar-refractivity contribution in [1.82, 2.24) is 19.4 Å². The van der Waals surface area contributed by atoms with Crippen LogP contribution in [0, 0.1) is 0 Å². The van der Waals surface area contributed by atoms with E-state index in [1.165, 1.54) is 6.26 Å². The molecule has 2 heterocycles. The first-order valence-corrected chi connectivity index (χ1v) is 10.5. The van der Waals surface area contributed by atoms with E-state index in [9.17, 15) is 9.59 Å². The molecule has 3 rings (SSSR count). The van der Waals surface area contributed by atoms with Gasteiger partial charge >= 0.3 is 0 Å². The summed E-state index contributed by atoms with van der Waals surface area (Å²) in [5.74, 6) is 0.721. The molecule has 0 fully saturated rings. The molecule has 0 aliphatic heterocycles. The number of hydrogen-bond acceptors (Lipinski definition) is 5. The lowest BCUT2D eigenvalue weighted by Gasteiger charge is -2.32. The minimum absolute atomic E-state index is 0.0612. The molecule has 0 radical (unpaired) electrons. The summed E-state index contributed by atoms with van der Waals surface area (Å²) in [6.45, 7) is 5.79. The van der Waals surface area contributed by atoms with Gasteiger partial charge in [-0.05, 0) is 51.2 Å². The van der Waals surface area contributed by atoms with E-state index >= 15 is 0 Å². The molecule has 1 amide bonds. The van der Waals surface area contributed by atoms with Gasteiger partial charge in [-0.25, -0.2) is 4.98 Å². The zero-order chi connectivity index (χ0) is 21.7. The molecule has 0 aliphatic rings. The zero-order valence-corrected chi connectivity index (χ0v) is 18.2. The molecule has 1 aromatic carbocycles. The lowest BCUT2D eigenvalue weighted by Crippen LogP contribution is -2.42. The predicted octanol–water partition coefficient (Wildman–Crippen LogP) is 3.55. The predicted molar refractivity (Wildman–Crippen MR) is 118 cm³/mol. The molecule has 0 saturated carbocycles. The first kappa shape index (κ1) is 21.8. The standard InChI is InChI=1S/C23H30N4O3/c1-5-13-27-21(24-18-11-8-7-10-17(18)22(27)28)19(6-2)26(15-14-25(3)4)23(29)20-12-9-16-30-20/h7-12,16,19H,5-6,13-15H2,1-4H3. The molecule has 0 bridgehead atoms. The second kappa shape index (κ2) is 9.71. The smallest absolute Gasteiger partial charge is 0.290 e. The van der Waals surface area contributed by atoms with Gasteiger partial charge in [-0.1, -0.05) is 26.0 Å². The van der Waals surface area contributed by atoms with Crippen LogP contribution < -0.4 is 5.56 Å². The Morgan fingerprint density at radius 3 is 2.53 bits per heavy atom. The second-order valence-electron chi connectivity index (χ2n) is 7.65. The molecule has 7 nitrogen and oxygen atoms in total. The number of likely N-dealkylation sites (N-methyl/N-ethyl adjacent to an activating group) is 1. The molecule has 160 valence electrons. The number of fused-ring (bicyclic) bond motifs is 1. The molecule has 1 unspecified atom stereocenters. The van der Waals surface area contributed by atoms with Gasteiger partial charge in [0.1, 0.15) is 5.82 Å². The third kappa shape index (κ3) is 4.46. The van der Waals surface area contributed by atoms with E-state index in [2.05, 4.69) is 0 Å². The van der Waals surface area contributed by atoms with Crippen molar-refractivity contribution in [3.05, 3.63) is 64.6 Å². The highest BCUT2D eigenvalue weighted by Gasteiger charge is 2.30. The minimum Gasteiger partial charge on any atom is -0.459 e. The Labute approximate surface area is 176 Å². The highest BCUT2D eigenvalue weighted by atomic mass is 16.3. The van der Waals surface area contributed by atoms with Crippen molar-refractivity contribution in [3.63, 3.8) is 0 Å². The fraction of sp³-hybridized carbons (Fsp3) is 0.435. The molecule has 0 spiro atoms. The quantitative estimate of drug-likeness (QED) is 0.539. The van der Waals surface area contributed by atoms with Gasteiger partial charge in [0.2, 0.25) is 0 Å². The number of carbonyl (C=O) groups is 1. The first-order chi connectivity index (χ1) is 14.5. The van der Waals surface area contributed by atoms with Crippen LogP contribution in [0.25, 0.3) is 10.9 Å². The SMILES string of the molecule is CCCn1c(C(CC)N(CCN(C)C)C(=O)c2ccco2)nc2ccccc2c1=O. The minimum atomic E-state index is -0.341. The maximum absolute atomic E-state index is 13.3. The summed E-state index contributed by atoms with van der Waals surface area (Å²) in [5.41, 5.74) is 0.593. The van der Waals surface area contributed by atoms with Gasteiger partial charge in [0.15, 0.2) is 5.76 Å². The van der Waals surface area contributed by atoms with Crippen LogP contribution in [0.2, 0.25) is 0 Å². The van der Waals surface area contributed by atoms with E-state index in [0.717, 1.165) is 6.42 Å². The van der Waals surface area contributed by atoms with Gasteiger partial charge in [-0.3, -0.25) is 14.2 Å². The fourth-order valence-corrected chi connectivity index (χ4v) is 3.67. The van der Waals surface area contributed by atoms with Crippen LogP contribution in [0.5, 0.6) is 0 Å². The molecule has 7 heteroatoms. The monoisotopic (exact) mass is 410 g/mol. The lowest BCUT2D eigenvalue weighted by molar-refractivity contribution is 0.0609. The van der Waals surface area contributed by atoms with Crippen molar-refractivity contribution in [3.8, 4) is 0 Å². The van der Waals surface area contributed by atoms with Gasteiger partial charge in [-0.15, -0.1) is 0 Å². The summed E-state index contributed by atoms with van der Waals surface area (Å²) < 4.78 is 7.12. The Balaban J connectivity index is 2.14. The number of aromatic nitrogens is 2. The molecular formula is C23H30N4O3. The second-order valence-corrected chi connectivity index (χ2v) is 7.65. The number of carbonyl (C=O) groups excluding carboxylic acids is 1.